The van der Waals surface area contributed by atoms with E-state index in [0.29, 0.717) is 17.7 Å². The number of hydrogen-bond donors (Lipinski definition) is 14. The van der Waals surface area contributed by atoms with Gasteiger partial charge in [-0.3, -0.25) is 38.4 Å². The van der Waals surface area contributed by atoms with Gasteiger partial charge in [0.25, 0.3) is 0 Å². The number of aromatic hydroxyl groups is 1. The van der Waals surface area contributed by atoms with Gasteiger partial charge in [-0.15, -0.1) is 0 Å². The molecule has 28 nitrogen and oxygen atoms in total. The van der Waals surface area contributed by atoms with Crippen molar-refractivity contribution in [1.29, 1.82) is 0 Å². The van der Waals surface area contributed by atoms with E-state index in [1.54, 1.807) is 0 Å². The molecule has 17 N–H and O–H groups in total. The fourth-order valence-corrected chi connectivity index (χ4v) is 9.92. The number of nitrogens with one attached hydrogen (secondary N) is 5. The number of rotatable bonds is 24. The number of phenols is 1. The molecule has 0 saturated carbocycles. The maximum Gasteiger partial charge on any atom is 1.00 e. The van der Waals surface area contributed by atoms with Crippen LogP contribution in [0.15, 0.2) is 18.2 Å². The van der Waals surface area contributed by atoms with Crippen LogP contribution in [-0.4, -0.2) is 196 Å². The summed E-state index contributed by atoms with van der Waals surface area (Å²) in [6, 6.07) is -8.72. The quantitative estimate of drug-likeness (QED) is 0.0260. The number of nitrogens with two attached hydrogens (primary N) is 1. The summed E-state index contributed by atoms with van der Waals surface area (Å²) in [6.07, 6.45) is -1.74. The molecule has 12 unspecified atom stereocenters. The van der Waals surface area contributed by atoms with E-state index in [9.17, 15) is 87.6 Å². The molecule has 79 heavy (non-hydrogen) atoms. The van der Waals surface area contributed by atoms with Crippen LogP contribution in [0.5, 0.6) is 11.5 Å². The molecule has 12 atom stereocenters. The largest absolute Gasteiger partial charge is 1.00 e. The minimum absolute atomic E-state index is 0. The number of benzene rings is 1. The first kappa shape index (κ1) is 70.3. The average molecular weight is 1160 g/mol. The van der Waals surface area contributed by atoms with E-state index in [2.05, 4.69) is 32.4 Å². The van der Waals surface area contributed by atoms with Crippen molar-refractivity contribution in [2.75, 3.05) is 19.7 Å². The second kappa shape index (κ2) is 35.2. The Morgan fingerprint density at radius 3 is 1.94 bits per heavy atom. The second-order valence-electron chi connectivity index (χ2n) is 19.9. The maximum absolute atomic E-state index is 14.4. The molecular weight excluding hydrogens is 1080 g/mol. The molecule has 442 valence electrons. The minimum Gasteiger partial charge on any atom is -0.530 e. The van der Waals surface area contributed by atoms with Gasteiger partial charge >= 0.3 is 29.6 Å². The van der Waals surface area contributed by atoms with Crippen LogP contribution in [0, 0.1) is 0 Å². The fraction of sp³-hybridized carbons (Fsp3) is 0.714. The van der Waals surface area contributed by atoms with Crippen molar-refractivity contribution in [2.24, 2.45) is 5.73 Å². The average Bonchev–Trinajstić information content (AvgIpc) is 3.97. The molecule has 3 heterocycles. The van der Waals surface area contributed by atoms with Gasteiger partial charge in [-0.05, 0) is 30.5 Å². The summed E-state index contributed by atoms with van der Waals surface area (Å²) in [4.78, 5) is 112. The molecule has 3 saturated heterocycles. The third-order valence-corrected chi connectivity index (χ3v) is 14.1. The first-order valence-electron chi connectivity index (χ1n) is 26.2. The van der Waals surface area contributed by atoms with Crippen LogP contribution in [0.2, 0.25) is 0 Å². The molecule has 0 bridgehead atoms. The van der Waals surface area contributed by atoms with E-state index < -0.39 is 188 Å². The molecule has 1 aromatic carbocycles. The molecule has 30 heteroatoms. The normalized spacial score (nSPS) is 26.2. The Labute approximate surface area is 481 Å². The molecule has 1 aromatic rings. The zero-order valence-corrected chi connectivity index (χ0v) is 47.5. The van der Waals surface area contributed by atoms with Gasteiger partial charge in [-0.1, -0.05) is 90.0 Å². The predicted molar refractivity (Wildman–Crippen MR) is 273 cm³/mol. The number of carbonyl (C=O) groups excluding carboxylic acids is 8. The van der Waals surface area contributed by atoms with Crippen LogP contribution in [0.3, 0.4) is 0 Å². The number of carbonyl (C=O) groups is 8. The SMILES string of the molecule is CCCCCCCCCCCCCCCC(=O)NC1CC(O)C(O)NC(=O)C2C(O)CCN2C(=O)C(C(O)CC(N)=O)NC(=O)C(C(O)Cc2ccc(O)c(O[S-](=O)=O)c2)NC(=O)C2CC(O)CN2C(=O)C(CO)NC1=O.O.[Na+]. The predicted octanol–water partition coefficient (Wildman–Crippen LogP) is -7.15. The maximum atomic E-state index is 14.4. The third kappa shape index (κ3) is 21.9. The van der Waals surface area contributed by atoms with E-state index >= 15 is 0 Å². The van der Waals surface area contributed by atoms with Crippen LogP contribution >= 0.6 is 0 Å². The Morgan fingerprint density at radius 1 is 0.759 bits per heavy atom. The number of aliphatic hydroxyl groups excluding tert-OH is 7. The first-order valence-corrected chi connectivity index (χ1v) is 27.2. The molecule has 0 aliphatic carbocycles. The van der Waals surface area contributed by atoms with Crippen molar-refractivity contribution in [3.8, 4) is 11.5 Å². The summed E-state index contributed by atoms with van der Waals surface area (Å²) in [5.41, 5.74) is 5.29. The van der Waals surface area contributed by atoms with Gasteiger partial charge in [0.05, 0.1) is 37.4 Å². The molecule has 3 aliphatic heterocycles. The van der Waals surface area contributed by atoms with Crippen LogP contribution in [0.4, 0.5) is 0 Å². The van der Waals surface area contributed by atoms with Crippen LogP contribution < -0.4 is 66.1 Å². The molecular formula is C49H79N8NaO20S. The summed E-state index contributed by atoms with van der Waals surface area (Å²) < 4.78 is 27.1. The van der Waals surface area contributed by atoms with Gasteiger partial charge in [-0.25, -0.2) is 0 Å². The number of amides is 8. The molecule has 3 fully saturated rings. The summed E-state index contributed by atoms with van der Waals surface area (Å²) in [7, 11) is -3.19. The van der Waals surface area contributed by atoms with Crippen molar-refractivity contribution in [3.63, 3.8) is 0 Å². The zero-order chi connectivity index (χ0) is 56.9. The monoisotopic (exact) mass is 1150 g/mol. The van der Waals surface area contributed by atoms with Gasteiger partial charge in [0.15, 0.2) is 12.0 Å². The van der Waals surface area contributed by atoms with Crippen molar-refractivity contribution in [2.45, 2.75) is 202 Å². The van der Waals surface area contributed by atoms with Crippen molar-refractivity contribution >= 4 is 58.2 Å². The van der Waals surface area contributed by atoms with Crippen LogP contribution in [-0.2, 0) is 64.2 Å². The van der Waals surface area contributed by atoms with Crippen molar-refractivity contribution < 1.29 is 127 Å². The molecule has 4 rings (SSSR count). The fourth-order valence-electron chi connectivity index (χ4n) is 9.64. The minimum atomic E-state index is -3.19. The molecule has 0 aromatic heterocycles. The number of aliphatic hydroxyl groups is 7. The van der Waals surface area contributed by atoms with Crippen LogP contribution in [0.1, 0.15) is 128 Å². The van der Waals surface area contributed by atoms with E-state index in [4.69, 9.17) is 5.73 Å². The van der Waals surface area contributed by atoms with E-state index in [1.807, 2.05) is 5.32 Å². The van der Waals surface area contributed by atoms with Crippen molar-refractivity contribution in [1.82, 2.24) is 36.4 Å². The van der Waals surface area contributed by atoms with Gasteiger partial charge in [0.1, 0.15) is 59.1 Å². The summed E-state index contributed by atoms with van der Waals surface area (Å²) in [5.74, 6) is -10.9. The summed E-state index contributed by atoms with van der Waals surface area (Å²) in [6.45, 7) is -0.0134. The number of nitrogens with zero attached hydrogens (tertiary/aromatic N) is 2. The Hall–Kier alpha value is -4.79. The third-order valence-electron chi connectivity index (χ3n) is 13.8. The summed E-state index contributed by atoms with van der Waals surface area (Å²) in [5, 5.41) is 98.8. The zero-order valence-electron chi connectivity index (χ0n) is 44.7. The number of fused-ring (bicyclic) bond motifs is 2. The Morgan fingerprint density at radius 2 is 1.35 bits per heavy atom. The van der Waals surface area contributed by atoms with Gasteiger partial charge in [0, 0.05) is 38.8 Å². The molecule has 0 radical (unpaired) electrons. The van der Waals surface area contributed by atoms with Gasteiger partial charge < -0.3 is 101 Å². The van der Waals surface area contributed by atoms with Gasteiger partial charge in [0.2, 0.25) is 47.3 Å². The summed E-state index contributed by atoms with van der Waals surface area (Å²) >= 11 is 0. The smallest absolute Gasteiger partial charge is 0.530 e. The standard InChI is InChI=1S/C49H77N8O19S.Na.H2O/c1-2-3-4-5-6-7-8-9-10-11-12-13-14-15-39(66)51-29-23-36(64)45(69)55-47(71)42-33(61)18-19-56(42)49(73)41(35(63)24-38(50)65)54-46(70)40(34(62)20-27-16-17-32(60)37(21-27)76-77(74)75)53-44(68)31-22-28(59)25-57(31)48(72)30(26-58)52-43(29)67;;/h16-17,21,28-31,33-36,40-42,45,58-64,69H,2-15,18-20,22-26H2,1H3,(H2,50,65)(H,51,66)(H,52,67)(H,53,68)(H,54,70)(H,55,71);;1H2/q-1;+1;. The van der Waals surface area contributed by atoms with E-state index in [1.165, 1.54) is 44.6 Å². The number of primary amides is 1. The van der Waals surface area contributed by atoms with E-state index in [0.717, 1.165) is 49.1 Å². The van der Waals surface area contributed by atoms with E-state index in [-0.39, 0.29) is 53.4 Å². The first-order chi connectivity index (χ1) is 36.6. The Balaban J connectivity index is 0.0000107. The number of hydrogen-bond acceptors (Lipinski definition) is 20. The Bertz CT molecular complexity index is 2260. The van der Waals surface area contributed by atoms with Crippen LogP contribution in [0.25, 0.3) is 0 Å². The van der Waals surface area contributed by atoms with Gasteiger partial charge in [-0.2, -0.15) is 0 Å². The topological polar surface area (TPSA) is 466 Å². The molecule has 3 aliphatic rings. The molecule has 0 spiro atoms. The molecule has 8 amide bonds. The second-order valence-corrected chi connectivity index (χ2v) is 20.5. The van der Waals surface area contributed by atoms with Crippen molar-refractivity contribution in [3.05, 3.63) is 23.8 Å². The number of phenolic OH excluding ortho intramolecular Hbond substituents is 1. The Kier molecular flexibility index (Phi) is 31.3. The number of unbranched alkanes of at least 4 members (excludes halogenated alkanes) is 12.